The summed E-state index contributed by atoms with van der Waals surface area (Å²) >= 11 is 7.41. The number of anilines is 2. The van der Waals surface area contributed by atoms with Gasteiger partial charge in [-0.15, -0.1) is 0 Å². The normalized spacial score (nSPS) is 16.9. The van der Waals surface area contributed by atoms with Gasteiger partial charge in [0.2, 0.25) is 5.91 Å². The molecule has 0 radical (unpaired) electrons. The summed E-state index contributed by atoms with van der Waals surface area (Å²) in [5, 5.41) is 12.4. The lowest BCUT2D eigenvalue weighted by Gasteiger charge is -2.18. The number of carbonyl (C=O) groups excluding carboxylic acids is 2. The first-order valence-electron chi connectivity index (χ1n) is 9.99. The molecular weight excluding hydrogens is 461 g/mol. The molecular formula is C25H17ClFN3O2S. The lowest BCUT2D eigenvalue weighted by Crippen LogP contribution is -2.31. The summed E-state index contributed by atoms with van der Waals surface area (Å²) in [6, 6.07) is 23.6. The quantitative estimate of drug-likeness (QED) is 0.386. The van der Waals surface area contributed by atoms with Crippen molar-refractivity contribution < 1.29 is 14.0 Å². The zero-order valence-corrected chi connectivity index (χ0v) is 18.7. The molecule has 3 aromatic carbocycles. The van der Waals surface area contributed by atoms with Crippen molar-refractivity contribution in [3.63, 3.8) is 0 Å². The molecule has 2 amide bonds. The monoisotopic (exact) mass is 477 g/mol. The van der Waals surface area contributed by atoms with Gasteiger partial charge in [0, 0.05) is 10.7 Å². The fourth-order valence-electron chi connectivity index (χ4n) is 3.41. The highest BCUT2D eigenvalue weighted by molar-refractivity contribution is 8.05. The third-order valence-corrected chi connectivity index (χ3v) is 6.64. The number of nitriles is 1. The van der Waals surface area contributed by atoms with Crippen LogP contribution >= 0.6 is 23.4 Å². The van der Waals surface area contributed by atoms with E-state index in [-0.39, 0.29) is 22.2 Å². The Morgan fingerprint density at radius 1 is 1.06 bits per heavy atom. The molecule has 33 heavy (non-hydrogen) atoms. The van der Waals surface area contributed by atoms with Crippen LogP contribution < -0.4 is 10.2 Å². The van der Waals surface area contributed by atoms with Gasteiger partial charge in [0.15, 0.2) is 0 Å². The van der Waals surface area contributed by atoms with Gasteiger partial charge in [-0.25, -0.2) is 4.39 Å². The van der Waals surface area contributed by atoms with Crippen LogP contribution in [-0.4, -0.2) is 17.1 Å². The average Bonchev–Trinajstić information content (AvgIpc) is 3.13. The fourth-order valence-corrected chi connectivity index (χ4v) is 4.92. The molecule has 0 spiro atoms. The fraction of sp³-hybridized carbons (Fsp3) is 0.0800. The van der Waals surface area contributed by atoms with Gasteiger partial charge in [0.05, 0.1) is 10.9 Å². The van der Waals surface area contributed by atoms with E-state index in [0.29, 0.717) is 17.1 Å². The van der Waals surface area contributed by atoms with E-state index in [0.717, 1.165) is 17.3 Å². The van der Waals surface area contributed by atoms with E-state index in [1.807, 2.05) is 18.2 Å². The van der Waals surface area contributed by atoms with E-state index >= 15 is 0 Å². The smallest absolute Gasteiger partial charge is 0.269 e. The molecule has 0 aromatic heterocycles. The van der Waals surface area contributed by atoms with Crippen molar-refractivity contribution in [1.29, 1.82) is 5.26 Å². The zero-order chi connectivity index (χ0) is 23.4. The van der Waals surface area contributed by atoms with Crippen LogP contribution in [0.1, 0.15) is 5.56 Å². The van der Waals surface area contributed by atoms with E-state index in [2.05, 4.69) is 5.32 Å². The van der Waals surface area contributed by atoms with Crippen LogP contribution in [-0.2, 0) is 16.0 Å². The lowest BCUT2D eigenvalue weighted by atomic mass is 10.1. The Morgan fingerprint density at radius 3 is 2.42 bits per heavy atom. The number of rotatable bonds is 5. The average molecular weight is 478 g/mol. The summed E-state index contributed by atoms with van der Waals surface area (Å²) < 4.78 is 14.0. The maximum absolute atomic E-state index is 14.0. The molecule has 1 heterocycles. The Hall–Kier alpha value is -3.60. The number of amides is 2. The maximum atomic E-state index is 14.0. The molecule has 5 nitrogen and oxygen atoms in total. The maximum Gasteiger partial charge on any atom is 0.269 e. The highest BCUT2D eigenvalue weighted by atomic mass is 35.5. The SMILES string of the molecule is N#C/C(C(=O)Nc1ccccc1F)=C1\S[C@H](Cc2ccccc2Cl)C(=O)N1c1ccccc1. The van der Waals surface area contributed by atoms with Gasteiger partial charge in [0.1, 0.15) is 22.5 Å². The van der Waals surface area contributed by atoms with Crippen LogP contribution in [0.2, 0.25) is 5.02 Å². The summed E-state index contributed by atoms with van der Waals surface area (Å²) in [6.07, 6.45) is 0.323. The van der Waals surface area contributed by atoms with Crippen LogP contribution in [0, 0.1) is 17.1 Å². The first-order valence-corrected chi connectivity index (χ1v) is 11.2. The number of halogens is 2. The zero-order valence-electron chi connectivity index (χ0n) is 17.2. The van der Waals surface area contributed by atoms with E-state index in [4.69, 9.17) is 11.6 Å². The van der Waals surface area contributed by atoms with Gasteiger partial charge < -0.3 is 5.32 Å². The predicted octanol–water partition coefficient (Wildman–Crippen LogP) is 5.54. The molecule has 1 N–H and O–H groups in total. The molecule has 164 valence electrons. The summed E-state index contributed by atoms with van der Waals surface area (Å²) in [4.78, 5) is 27.7. The molecule has 1 aliphatic rings. The van der Waals surface area contributed by atoms with Crippen molar-refractivity contribution in [1.82, 2.24) is 0 Å². The number of nitrogens with one attached hydrogen (secondary N) is 1. The Kier molecular flexibility index (Phi) is 6.78. The van der Waals surface area contributed by atoms with Gasteiger partial charge in [0.25, 0.3) is 5.91 Å². The Balaban J connectivity index is 1.74. The number of para-hydroxylation sites is 2. The standard InChI is InChI=1S/C25H17ClFN3O2S/c26-19-11-5-4-8-16(19)14-22-24(32)30(17-9-2-1-3-10-17)25(33-22)18(15-28)23(31)29-21-13-7-6-12-20(21)27/h1-13,22H,14H2,(H,29,31)/b25-18+/t22-/m1/s1. The van der Waals surface area contributed by atoms with Crippen molar-refractivity contribution in [2.45, 2.75) is 11.7 Å². The van der Waals surface area contributed by atoms with Crippen molar-refractivity contribution in [2.24, 2.45) is 0 Å². The van der Waals surface area contributed by atoms with E-state index in [1.54, 1.807) is 48.5 Å². The molecule has 4 rings (SSSR count). The highest BCUT2D eigenvalue weighted by Crippen LogP contribution is 2.42. The first-order chi connectivity index (χ1) is 16.0. The van der Waals surface area contributed by atoms with Crippen LogP contribution in [0.25, 0.3) is 0 Å². The van der Waals surface area contributed by atoms with Crippen molar-refractivity contribution in [2.75, 3.05) is 10.2 Å². The minimum absolute atomic E-state index is 0.0518. The molecule has 0 aliphatic carbocycles. The van der Waals surface area contributed by atoms with Crippen LogP contribution in [0.3, 0.4) is 0 Å². The first kappa shape index (κ1) is 22.6. The minimum atomic E-state index is -0.794. The van der Waals surface area contributed by atoms with Crippen LogP contribution in [0.4, 0.5) is 15.8 Å². The molecule has 1 fully saturated rings. The van der Waals surface area contributed by atoms with Gasteiger partial charge in [-0.1, -0.05) is 71.9 Å². The van der Waals surface area contributed by atoms with Crippen LogP contribution in [0.5, 0.6) is 0 Å². The van der Waals surface area contributed by atoms with Gasteiger partial charge >= 0.3 is 0 Å². The number of hydrogen-bond acceptors (Lipinski definition) is 4. The van der Waals surface area contributed by atoms with E-state index in [1.165, 1.54) is 23.1 Å². The van der Waals surface area contributed by atoms with Crippen molar-refractivity contribution >= 4 is 46.6 Å². The second kappa shape index (κ2) is 9.90. The summed E-state index contributed by atoms with van der Waals surface area (Å²) in [6.45, 7) is 0. The van der Waals surface area contributed by atoms with Gasteiger partial charge in [-0.2, -0.15) is 5.26 Å². The second-order valence-electron chi connectivity index (χ2n) is 7.14. The largest absolute Gasteiger partial charge is 0.319 e. The number of thioether (sulfide) groups is 1. The molecule has 0 bridgehead atoms. The van der Waals surface area contributed by atoms with Gasteiger partial charge in [-0.05, 0) is 42.3 Å². The number of nitrogens with zero attached hydrogens (tertiary/aromatic N) is 2. The third kappa shape index (κ3) is 4.77. The molecule has 0 saturated carbocycles. The van der Waals surface area contributed by atoms with E-state index < -0.39 is 17.0 Å². The molecule has 1 atom stereocenters. The predicted molar refractivity (Wildman–Crippen MR) is 128 cm³/mol. The molecule has 1 saturated heterocycles. The lowest BCUT2D eigenvalue weighted by molar-refractivity contribution is -0.117. The summed E-state index contributed by atoms with van der Waals surface area (Å²) in [7, 11) is 0. The number of hydrogen-bond donors (Lipinski definition) is 1. The number of benzene rings is 3. The Labute approximate surface area is 199 Å². The van der Waals surface area contributed by atoms with E-state index in [9.17, 15) is 19.2 Å². The van der Waals surface area contributed by atoms with Crippen molar-refractivity contribution in [3.05, 3.63) is 106 Å². The third-order valence-electron chi connectivity index (χ3n) is 5.01. The second-order valence-corrected chi connectivity index (χ2v) is 8.74. The number of carbonyl (C=O) groups is 2. The Morgan fingerprint density at radius 2 is 1.73 bits per heavy atom. The Bertz CT molecular complexity index is 1290. The summed E-state index contributed by atoms with van der Waals surface area (Å²) in [5.41, 5.74) is 0.984. The molecule has 8 heteroatoms. The molecule has 3 aromatic rings. The molecule has 1 aliphatic heterocycles. The minimum Gasteiger partial charge on any atom is -0.319 e. The van der Waals surface area contributed by atoms with Crippen LogP contribution in [0.15, 0.2) is 89.5 Å². The van der Waals surface area contributed by atoms with Crippen molar-refractivity contribution in [3.8, 4) is 6.07 Å². The van der Waals surface area contributed by atoms with Gasteiger partial charge in [-0.3, -0.25) is 14.5 Å². The topological polar surface area (TPSA) is 73.2 Å². The highest BCUT2D eigenvalue weighted by Gasteiger charge is 2.41. The molecule has 0 unspecified atom stereocenters. The summed E-state index contributed by atoms with van der Waals surface area (Å²) in [5.74, 6) is -1.69.